The molecule has 4 heteroatoms. The largest absolute Gasteiger partial charge is 0.489 e. The summed E-state index contributed by atoms with van der Waals surface area (Å²) in [5.41, 5.74) is 3.25. The van der Waals surface area contributed by atoms with Crippen LogP contribution in [-0.4, -0.2) is 18.9 Å². The fourth-order valence-corrected chi connectivity index (χ4v) is 2.32. The Kier molecular flexibility index (Phi) is 5.52. The van der Waals surface area contributed by atoms with E-state index in [9.17, 15) is 9.59 Å². The second-order valence-corrected chi connectivity index (χ2v) is 5.22. The highest BCUT2D eigenvalue weighted by Crippen LogP contribution is 2.21. The van der Waals surface area contributed by atoms with Crippen molar-refractivity contribution in [1.82, 2.24) is 0 Å². The molecule has 4 nitrogen and oxygen atoms in total. The minimum absolute atomic E-state index is 0.214. The van der Waals surface area contributed by atoms with Gasteiger partial charge >= 0.3 is 5.97 Å². The standard InChI is InChI=1S/C19H20O4/c1-4-14-9-10-17(13(2)11-14)23-12-15-7-5-6-8-16(15)18(20)19(21)22-3/h5-11H,4,12H2,1-3H3. The van der Waals surface area contributed by atoms with Crippen LogP contribution in [0.4, 0.5) is 0 Å². The van der Waals surface area contributed by atoms with Crippen molar-refractivity contribution in [2.75, 3.05) is 7.11 Å². The maximum absolute atomic E-state index is 12.0. The van der Waals surface area contributed by atoms with Crippen LogP contribution in [0.2, 0.25) is 0 Å². The smallest absolute Gasteiger partial charge is 0.379 e. The summed E-state index contributed by atoms with van der Waals surface area (Å²) in [4.78, 5) is 23.5. The van der Waals surface area contributed by atoms with Crippen LogP contribution in [0.1, 0.15) is 34.0 Å². The summed E-state index contributed by atoms with van der Waals surface area (Å²) in [7, 11) is 1.19. The van der Waals surface area contributed by atoms with E-state index in [1.165, 1.54) is 12.7 Å². The predicted molar refractivity (Wildman–Crippen MR) is 87.7 cm³/mol. The Morgan fingerprint density at radius 3 is 2.48 bits per heavy atom. The van der Waals surface area contributed by atoms with Crippen LogP contribution in [0.15, 0.2) is 42.5 Å². The van der Waals surface area contributed by atoms with Crippen molar-refractivity contribution >= 4 is 11.8 Å². The molecule has 2 aromatic rings. The first-order chi connectivity index (χ1) is 11.1. The van der Waals surface area contributed by atoms with E-state index in [4.69, 9.17) is 4.74 Å². The number of carbonyl (C=O) groups excluding carboxylic acids is 2. The number of rotatable bonds is 6. The van der Waals surface area contributed by atoms with Crippen molar-refractivity contribution in [3.05, 3.63) is 64.7 Å². The van der Waals surface area contributed by atoms with E-state index in [1.807, 2.05) is 19.1 Å². The van der Waals surface area contributed by atoms with Crippen molar-refractivity contribution in [3.63, 3.8) is 0 Å². The summed E-state index contributed by atoms with van der Waals surface area (Å²) >= 11 is 0. The maximum atomic E-state index is 12.0. The van der Waals surface area contributed by atoms with Crippen LogP contribution < -0.4 is 4.74 Å². The highest BCUT2D eigenvalue weighted by Gasteiger charge is 2.20. The Morgan fingerprint density at radius 2 is 1.83 bits per heavy atom. The van der Waals surface area contributed by atoms with Gasteiger partial charge in [-0.1, -0.05) is 43.3 Å². The van der Waals surface area contributed by atoms with Gasteiger partial charge in [-0.05, 0) is 30.5 Å². The normalized spacial score (nSPS) is 10.2. The van der Waals surface area contributed by atoms with Gasteiger partial charge in [-0.25, -0.2) is 4.79 Å². The van der Waals surface area contributed by atoms with Crippen LogP contribution in [0.25, 0.3) is 0 Å². The Balaban J connectivity index is 2.18. The molecule has 0 N–H and O–H groups in total. The summed E-state index contributed by atoms with van der Waals surface area (Å²) in [5, 5.41) is 0. The molecule has 0 radical (unpaired) electrons. The first-order valence-electron chi connectivity index (χ1n) is 7.49. The number of esters is 1. The summed E-state index contributed by atoms with van der Waals surface area (Å²) in [6.45, 7) is 4.30. The SMILES string of the molecule is CCc1ccc(OCc2ccccc2C(=O)C(=O)OC)c(C)c1. The topological polar surface area (TPSA) is 52.6 Å². The van der Waals surface area contributed by atoms with Crippen LogP contribution in [0, 0.1) is 6.92 Å². The van der Waals surface area contributed by atoms with E-state index in [1.54, 1.807) is 24.3 Å². The lowest BCUT2D eigenvalue weighted by Gasteiger charge is -2.12. The zero-order chi connectivity index (χ0) is 16.8. The number of hydrogen-bond donors (Lipinski definition) is 0. The average molecular weight is 312 g/mol. The molecular weight excluding hydrogens is 292 g/mol. The van der Waals surface area contributed by atoms with Gasteiger partial charge in [0.2, 0.25) is 0 Å². The molecule has 0 aliphatic rings. The van der Waals surface area contributed by atoms with Gasteiger partial charge in [0, 0.05) is 11.1 Å². The molecule has 23 heavy (non-hydrogen) atoms. The van der Waals surface area contributed by atoms with Gasteiger partial charge in [0.25, 0.3) is 5.78 Å². The average Bonchev–Trinajstić information content (AvgIpc) is 2.59. The molecule has 0 aliphatic carbocycles. The summed E-state index contributed by atoms with van der Waals surface area (Å²) in [6.07, 6.45) is 0.970. The third kappa shape index (κ3) is 3.97. The van der Waals surface area contributed by atoms with Crippen LogP contribution in [-0.2, 0) is 22.6 Å². The summed E-state index contributed by atoms with van der Waals surface area (Å²) in [6, 6.07) is 12.9. The molecule has 0 aromatic heterocycles. The van der Waals surface area contributed by atoms with E-state index >= 15 is 0 Å². The van der Waals surface area contributed by atoms with E-state index in [0.717, 1.165) is 17.7 Å². The molecule has 0 aliphatic heterocycles. The first-order valence-corrected chi connectivity index (χ1v) is 7.49. The van der Waals surface area contributed by atoms with Gasteiger partial charge in [0.15, 0.2) is 0 Å². The molecule has 0 heterocycles. The van der Waals surface area contributed by atoms with E-state index < -0.39 is 11.8 Å². The second kappa shape index (κ2) is 7.58. The zero-order valence-electron chi connectivity index (χ0n) is 13.6. The van der Waals surface area contributed by atoms with Crippen molar-refractivity contribution in [2.24, 2.45) is 0 Å². The molecule has 0 saturated carbocycles. The van der Waals surface area contributed by atoms with Crippen LogP contribution in [0.3, 0.4) is 0 Å². The number of hydrogen-bond acceptors (Lipinski definition) is 4. The number of ether oxygens (including phenoxy) is 2. The fraction of sp³-hybridized carbons (Fsp3) is 0.263. The Hall–Kier alpha value is -2.62. The molecule has 0 atom stereocenters. The van der Waals surface area contributed by atoms with E-state index in [-0.39, 0.29) is 6.61 Å². The molecule has 0 bridgehead atoms. The molecule has 0 spiro atoms. The van der Waals surface area contributed by atoms with Crippen LogP contribution >= 0.6 is 0 Å². The molecule has 0 unspecified atom stereocenters. The predicted octanol–water partition coefficient (Wildman–Crippen LogP) is 3.49. The number of ketones is 1. The number of benzene rings is 2. The molecule has 0 fully saturated rings. The third-order valence-electron chi connectivity index (χ3n) is 3.66. The van der Waals surface area contributed by atoms with E-state index in [0.29, 0.717) is 11.1 Å². The number of Topliss-reactive ketones (excluding diaryl/α,β-unsaturated/α-hetero) is 1. The molecule has 0 saturated heterocycles. The molecule has 2 rings (SSSR count). The summed E-state index contributed by atoms with van der Waals surface area (Å²) in [5.74, 6) is -0.770. The summed E-state index contributed by atoms with van der Waals surface area (Å²) < 4.78 is 10.3. The number of carbonyl (C=O) groups is 2. The monoisotopic (exact) mass is 312 g/mol. The maximum Gasteiger partial charge on any atom is 0.379 e. The van der Waals surface area contributed by atoms with Gasteiger partial charge in [0.1, 0.15) is 12.4 Å². The van der Waals surface area contributed by atoms with Crippen molar-refractivity contribution in [3.8, 4) is 5.75 Å². The minimum Gasteiger partial charge on any atom is -0.489 e. The molecular formula is C19H20O4. The number of aryl methyl sites for hydroxylation is 2. The van der Waals surface area contributed by atoms with Crippen molar-refractivity contribution < 1.29 is 19.1 Å². The van der Waals surface area contributed by atoms with Gasteiger partial charge < -0.3 is 9.47 Å². The highest BCUT2D eigenvalue weighted by molar-refractivity contribution is 6.40. The van der Waals surface area contributed by atoms with Crippen molar-refractivity contribution in [1.29, 1.82) is 0 Å². The molecule has 120 valence electrons. The Bertz CT molecular complexity index is 719. The third-order valence-corrected chi connectivity index (χ3v) is 3.66. The zero-order valence-corrected chi connectivity index (χ0v) is 13.6. The quantitative estimate of drug-likeness (QED) is 0.465. The van der Waals surface area contributed by atoms with Gasteiger partial charge in [-0.2, -0.15) is 0 Å². The molecule has 2 aromatic carbocycles. The van der Waals surface area contributed by atoms with Crippen LogP contribution in [0.5, 0.6) is 5.75 Å². The lowest BCUT2D eigenvalue weighted by Crippen LogP contribution is -2.18. The second-order valence-electron chi connectivity index (χ2n) is 5.22. The highest BCUT2D eigenvalue weighted by atomic mass is 16.5. The minimum atomic E-state index is -0.874. The Labute approximate surface area is 136 Å². The first kappa shape index (κ1) is 16.7. The number of methoxy groups -OCH3 is 1. The lowest BCUT2D eigenvalue weighted by molar-refractivity contribution is -0.135. The lowest BCUT2D eigenvalue weighted by atomic mass is 10.0. The van der Waals surface area contributed by atoms with Gasteiger partial charge in [0.05, 0.1) is 7.11 Å². The van der Waals surface area contributed by atoms with Crippen molar-refractivity contribution in [2.45, 2.75) is 26.9 Å². The van der Waals surface area contributed by atoms with Gasteiger partial charge in [-0.15, -0.1) is 0 Å². The fourth-order valence-electron chi connectivity index (χ4n) is 2.32. The Morgan fingerprint density at radius 1 is 1.09 bits per heavy atom. The van der Waals surface area contributed by atoms with Gasteiger partial charge in [-0.3, -0.25) is 4.79 Å². The van der Waals surface area contributed by atoms with E-state index in [2.05, 4.69) is 17.7 Å². The molecule has 0 amide bonds.